The van der Waals surface area contributed by atoms with Gasteiger partial charge in [-0.2, -0.15) is 0 Å². The number of amides is 1. The molecule has 0 saturated carbocycles. The Morgan fingerprint density at radius 3 is 2.75 bits per heavy atom. The number of nitrogens with one attached hydrogen (secondary N) is 1. The minimum Gasteiger partial charge on any atom is -0.342 e. The Morgan fingerprint density at radius 1 is 1.19 bits per heavy atom. The summed E-state index contributed by atoms with van der Waals surface area (Å²) in [7, 11) is 0. The molecule has 0 unspecified atom stereocenters. The first-order valence-corrected chi connectivity index (χ1v) is 11.3. The maximum absolute atomic E-state index is 14.1. The fraction of sp³-hybridized carbons (Fsp3) is 0.318. The third-order valence-electron chi connectivity index (χ3n) is 5.81. The van der Waals surface area contributed by atoms with E-state index in [1.165, 1.54) is 10.7 Å². The number of likely N-dealkylation sites (tertiary alicyclic amines) is 1. The maximum Gasteiger partial charge on any atom is 0.281 e. The Balaban J connectivity index is 1.33. The van der Waals surface area contributed by atoms with Gasteiger partial charge in [-0.15, -0.1) is 16.4 Å². The van der Waals surface area contributed by atoms with Crippen molar-refractivity contribution >= 4 is 28.4 Å². The summed E-state index contributed by atoms with van der Waals surface area (Å²) < 4.78 is 15.5. The van der Waals surface area contributed by atoms with Gasteiger partial charge in [0.15, 0.2) is 11.2 Å². The van der Waals surface area contributed by atoms with Gasteiger partial charge in [-0.3, -0.25) is 9.59 Å². The molecule has 1 fully saturated rings. The van der Waals surface area contributed by atoms with Crippen LogP contribution in [-0.2, 0) is 17.8 Å². The number of thiophene rings is 1. The predicted molar refractivity (Wildman–Crippen MR) is 118 cm³/mol. The normalized spacial score (nSPS) is 14.8. The van der Waals surface area contributed by atoms with Crippen molar-refractivity contribution in [3.63, 3.8) is 0 Å². The first-order valence-electron chi connectivity index (χ1n) is 10.5. The number of rotatable bonds is 5. The minimum atomic E-state index is -0.360. The number of benzene rings is 1. The molecule has 0 aliphatic carbocycles. The van der Waals surface area contributed by atoms with Crippen LogP contribution in [0.25, 0.3) is 11.2 Å². The number of carbonyl (C=O) groups is 1. The molecular formula is C22H21FN6O2S. The zero-order chi connectivity index (χ0) is 22.1. The number of halogens is 1. The molecule has 5 rings (SSSR count). The smallest absolute Gasteiger partial charge is 0.281 e. The molecule has 1 aliphatic heterocycles. The van der Waals surface area contributed by atoms with Crippen LogP contribution in [0.4, 0.5) is 4.39 Å². The molecule has 3 aromatic heterocycles. The Hall–Kier alpha value is -3.40. The molecule has 10 heteroatoms. The van der Waals surface area contributed by atoms with Gasteiger partial charge < -0.3 is 9.88 Å². The van der Waals surface area contributed by atoms with Crippen molar-refractivity contribution in [2.24, 2.45) is 0 Å². The lowest BCUT2D eigenvalue weighted by atomic mass is 9.95. The van der Waals surface area contributed by atoms with Gasteiger partial charge >= 0.3 is 0 Å². The SMILES string of the molecule is O=C(Cc1cccs1)N1CCC(c2nc3c(nnn3Cc3ccccc3F)c(=O)[nH]2)CC1. The van der Waals surface area contributed by atoms with E-state index < -0.39 is 0 Å². The summed E-state index contributed by atoms with van der Waals surface area (Å²) in [6.07, 6.45) is 1.84. The molecule has 4 heterocycles. The number of hydrogen-bond acceptors (Lipinski definition) is 6. The second kappa shape index (κ2) is 8.62. The van der Waals surface area contributed by atoms with E-state index in [9.17, 15) is 14.0 Å². The number of carbonyl (C=O) groups excluding carboxylic acids is 1. The van der Waals surface area contributed by atoms with Gasteiger partial charge in [-0.05, 0) is 30.4 Å². The second-order valence-corrected chi connectivity index (χ2v) is 8.91. The summed E-state index contributed by atoms with van der Waals surface area (Å²) >= 11 is 1.58. The topological polar surface area (TPSA) is 96.8 Å². The van der Waals surface area contributed by atoms with Gasteiger partial charge in [0, 0.05) is 29.4 Å². The number of nitrogens with zero attached hydrogens (tertiary/aromatic N) is 5. The number of aromatic amines is 1. The summed E-state index contributed by atoms with van der Waals surface area (Å²) in [5, 5.41) is 9.92. The van der Waals surface area contributed by atoms with E-state index in [1.807, 2.05) is 22.4 Å². The van der Waals surface area contributed by atoms with Crippen LogP contribution in [0.2, 0.25) is 0 Å². The minimum absolute atomic E-state index is 0.0229. The number of fused-ring (bicyclic) bond motifs is 1. The highest BCUT2D eigenvalue weighted by molar-refractivity contribution is 7.10. The summed E-state index contributed by atoms with van der Waals surface area (Å²) in [5.41, 5.74) is 0.554. The highest BCUT2D eigenvalue weighted by Gasteiger charge is 2.26. The number of hydrogen-bond donors (Lipinski definition) is 1. The molecule has 32 heavy (non-hydrogen) atoms. The molecule has 164 valence electrons. The van der Waals surface area contributed by atoms with E-state index in [1.54, 1.807) is 29.5 Å². The van der Waals surface area contributed by atoms with Gasteiger partial charge in [-0.1, -0.05) is 29.5 Å². The zero-order valence-corrected chi connectivity index (χ0v) is 18.0. The first-order chi connectivity index (χ1) is 15.6. The molecule has 0 atom stereocenters. The summed E-state index contributed by atoms with van der Waals surface area (Å²) in [6.45, 7) is 1.36. The van der Waals surface area contributed by atoms with E-state index in [0.717, 1.165) is 4.88 Å². The van der Waals surface area contributed by atoms with Crippen molar-refractivity contribution < 1.29 is 9.18 Å². The number of piperidine rings is 1. The highest BCUT2D eigenvalue weighted by Crippen LogP contribution is 2.26. The summed E-state index contributed by atoms with van der Waals surface area (Å²) in [5.74, 6) is 0.357. The monoisotopic (exact) mass is 452 g/mol. The zero-order valence-electron chi connectivity index (χ0n) is 17.2. The molecule has 0 radical (unpaired) electrons. The third kappa shape index (κ3) is 4.05. The van der Waals surface area contributed by atoms with Gasteiger partial charge in [0.25, 0.3) is 5.56 Å². The van der Waals surface area contributed by atoms with E-state index in [-0.39, 0.29) is 35.3 Å². The van der Waals surface area contributed by atoms with Crippen LogP contribution in [0.5, 0.6) is 0 Å². The van der Waals surface area contributed by atoms with Crippen molar-refractivity contribution in [3.05, 3.63) is 74.2 Å². The van der Waals surface area contributed by atoms with Crippen molar-refractivity contribution in [3.8, 4) is 0 Å². The van der Waals surface area contributed by atoms with E-state index in [4.69, 9.17) is 0 Å². The number of aromatic nitrogens is 5. The molecule has 8 nitrogen and oxygen atoms in total. The Kier molecular flexibility index (Phi) is 5.52. The van der Waals surface area contributed by atoms with Gasteiger partial charge in [0.2, 0.25) is 5.91 Å². The van der Waals surface area contributed by atoms with Crippen LogP contribution in [0.1, 0.15) is 35.0 Å². The lowest BCUT2D eigenvalue weighted by Gasteiger charge is -2.31. The van der Waals surface area contributed by atoms with Crippen LogP contribution in [0.3, 0.4) is 0 Å². The molecule has 4 aromatic rings. The van der Waals surface area contributed by atoms with Gasteiger partial charge in [-0.25, -0.2) is 14.1 Å². The third-order valence-corrected chi connectivity index (χ3v) is 6.69. The lowest BCUT2D eigenvalue weighted by Crippen LogP contribution is -2.39. The standard InChI is InChI=1S/C22H21FN6O2S/c23-17-6-2-1-4-15(17)13-29-21-19(26-27-29)22(31)25-20(24-21)14-7-9-28(10-8-14)18(30)12-16-5-3-11-32-16/h1-6,11,14H,7-10,12-13H2,(H,24,25,31). The van der Waals surface area contributed by atoms with Crippen molar-refractivity contribution in [2.45, 2.75) is 31.7 Å². The molecule has 1 saturated heterocycles. The molecular weight excluding hydrogens is 431 g/mol. The summed E-state index contributed by atoms with van der Waals surface area (Å²) in [6, 6.07) is 10.3. The molecule has 0 spiro atoms. The fourth-order valence-corrected chi connectivity index (χ4v) is 4.74. The molecule has 0 bridgehead atoms. The van der Waals surface area contributed by atoms with E-state index in [0.29, 0.717) is 49.4 Å². The molecule has 1 N–H and O–H groups in total. The second-order valence-electron chi connectivity index (χ2n) is 7.87. The van der Waals surface area contributed by atoms with Crippen LogP contribution in [0, 0.1) is 5.82 Å². The average Bonchev–Trinajstić information content (AvgIpc) is 3.46. The van der Waals surface area contributed by atoms with Crippen molar-refractivity contribution in [1.82, 2.24) is 29.9 Å². The maximum atomic E-state index is 14.1. The van der Waals surface area contributed by atoms with Crippen molar-refractivity contribution in [1.29, 1.82) is 0 Å². The van der Waals surface area contributed by atoms with Gasteiger partial charge in [0.05, 0.1) is 13.0 Å². The van der Waals surface area contributed by atoms with Crippen LogP contribution >= 0.6 is 11.3 Å². The van der Waals surface area contributed by atoms with Crippen LogP contribution in [0.15, 0.2) is 46.6 Å². The Morgan fingerprint density at radius 2 is 2.00 bits per heavy atom. The molecule has 1 aromatic carbocycles. The Bertz CT molecular complexity index is 1310. The van der Waals surface area contributed by atoms with Crippen LogP contribution < -0.4 is 5.56 Å². The first kappa shape index (κ1) is 20.5. The lowest BCUT2D eigenvalue weighted by molar-refractivity contribution is -0.131. The number of H-pyrrole nitrogens is 1. The van der Waals surface area contributed by atoms with E-state index >= 15 is 0 Å². The van der Waals surface area contributed by atoms with E-state index in [2.05, 4.69) is 20.3 Å². The largest absolute Gasteiger partial charge is 0.342 e. The van der Waals surface area contributed by atoms with Crippen LogP contribution in [-0.4, -0.2) is 48.9 Å². The average molecular weight is 453 g/mol. The molecule has 1 amide bonds. The fourth-order valence-electron chi connectivity index (χ4n) is 4.05. The van der Waals surface area contributed by atoms with Crippen molar-refractivity contribution in [2.75, 3.05) is 13.1 Å². The quantitative estimate of drug-likeness (QED) is 0.502. The highest BCUT2D eigenvalue weighted by atomic mass is 32.1. The predicted octanol–water partition coefficient (Wildman–Crippen LogP) is 2.71. The summed E-state index contributed by atoms with van der Waals surface area (Å²) in [4.78, 5) is 35.5. The van der Waals surface area contributed by atoms with Gasteiger partial charge in [0.1, 0.15) is 11.6 Å². The molecule has 1 aliphatic rings. The Labute approximate surface area is 186 Å².